The summed E-state index contributed by atoms with van der Waals surface area (Å²) in [4.78, 5) is 28.3. The van der Waals surface area contributed by atoms with Gasteiger partial charge in [0, 0.05) is 0 Å². The number of fused-ring (bicyclic) bond motifs is 1. The van der Waals surface area contributed by atoms with Crippen LogP contribution in [0.15, 0.2) is 23.0 Å². The van der Waals surface area contributed by atoms with Crippen molar-refractivity contribution in [3.63, 3.8) is 0 Å². The smallest absolute Gasteiger partial charge is 0.323 e. The van der Waals surface area contributed by atoms with Crippen molar-refractivity contribution in [3.8, 4) is 0 Å². The lowest BCUT2D eigenvalue weighted by atomic mass is 10.1. The van der Waals surface area contributed by atoms with Crippen LogP contribution in [0.3, 0.4) is 0 Å². The molecule has 6 nitrogen and oxygen atoms in total. The number of amides is 1. The summed E-state index contributed by atoms with van der Waals surface area (Å²) in [6.07, 6.45) is 0.0253. The van der Waals surface area contributed by atoms with Gasteiger partial charge in [0.05, 0.1) is 23.2 Å². The van der Waals surface area contributed by atoms with E-state index in [1.807, 2.05) is 39.0 Å². The maximum atomic E-state index is 11.7. The van der Waals surface area contributed by atoms with Crippen molar-refractivity contribution >= 4 is 16.9 Å². The van der Waals surface area contributed by atoms with Crippen molar-refractivity contribution in [1.82, 2.24) is 15.3 Å². The topological polar surface area (TPSA) is 87.0 Å². The Hall–Kier alpha value is -2.08. The summed E-state index contributed by atoms with van der Waals surface area (Å²) < 4.78 is 5.25. The number of hydrogen-bond acceptors (Lipinski definition) is 3. The first kappa shape index (κ1) is 14.3. The van der Waals surface area contributed by atoms with E-state index in [-0.39, 0.29) is 30.3 Å². The van der Waals surface area contributed by atoms with Gasteiger partial charge < -0.3 is 20.0 Å². The predicted molar refractivity (Wildman–Crippen MR) is 76.6 cm³/mol. The van der Waals surface area contributed by atoms with Gasteiger partial charge in [-0.05, 0) is 38.5 Å². The maximum absolute atomic E-state index is 11.7. The third-order valence-electron chi connectivity index (χ3n) is 2.97. The number of carbonyl (C=O) groups excluding carboxylic acids is 1. The van der Waals surface area contributed by atoms with E-state index >= 15 is 0 Å². The predicted octanol–water partition coefficient (Wildman–Crippen LogP) is 1.46. The molecule has 2 aromatic rings. The van der Waals surface area contributed by atoms with E-state index in [0.717, 1.165) is 16.6 Å². The Balaban J connectivity index is 2.05. The SMILES string of the molecule is CC(C)OCC(=O)NC(C)c1ccc2[nH]c(=O)[nH]c2c1. The summed E-state index contributed by atoms with van der Waals surface area (Å²) >= 11 is 0. The zero-order chi connectivity index (χ0) is 14.7. The minimum atomic E-state index is -0.237. The Morgan fingerprint density at radius 1 is 1.25 bits per heavy atom. The molecule has 3 N–H and O–H groups in total. The van der Waals surface area contributed by atoms with Crippen LogP contribution in [-0.4, -0.2) is 28.6 Å². The molecule has 1 aromatic carbocycles. The molecule has 0 fully saturated rings. The average Bonchev–Trinajstić information content (AvgIpc) is 2.75. The van der Waals surface area contributed by atoms with Crippen LogP contribution in [-0.2, 0) is 9.53 Å². The van der Waals surface area contributed by atoms with Crippen molar-refractivity contribution in [2.45, 2.75) is 32.9 Å². The van der Waals surface area contributed by atoms with E-state index in [2.05, 4.69) is 15.3 Å². The number of nitrogens with one attached hydrogen (secondary N) is 3. The van der Waals surface area contributed by atoms with Crippen molar-refractivity contribution in [3.05, 3.63) is 34.2 Å². The van der Waals surface area contributed by atoms with Crippen LogP contribution in [0.1, 0.15) is 32.4 Å². The summed E-state index contributed by atoms with van der Waals surface area (Å²) in [5.74, 6) is -0.158. The fraction of sp³-hybridized carbons (Fsp3) is 0.429. The maximum Gasteiger partial charge on any atom is 0.323 e. The van der Waals surface area contributed by atoms with Gasteiger partial charge in [0.15, 0.2) is 0 Å². The molecular weight excluding hydrogens is 258 g/mol. The molecular formula is C14H19N3O3. The number of aromatic amines is 2. The number of carbonyl (C=O) groups is 1. The van der Waals surface area contributed by atoms with Crippen molar-refractivity contribution in [2.24, 2.45) is 0 Å². The van der Waals surface area contributed by atoms with Gasteiger partial charge >= 0.3 is 5.69 Å². The van der Waals surface area contributed by atoms with E-state index in [1.54, 1.807) is 0 Å². The Kier molecular flexibility index (Phi) is 4.24. The molecule has 1 heterocycles. The quantitative estimate of drug-likeness (QED) is 0.773. The van der Waals surface area contributed by atoms with E-state index in [4.69, 9.17) is 4.74 Å². The van der Waals surface area contributed by atoms with Crippen molar-refractivity contribution in [2.75, 3.05) is 6.61 Å². The summed E-state index contributed by atoms with van der Waals surface area (Å²) in [6.45, 7) is 5.70. The monoisotopic (exact) mass is 277 g/mol. The molecule has 1 unspecified atom stereocenters. The second kappa shape index (κ2) is 5.92. The minimum Gasteiger partial charge on any atom is -0.369 e. The fourth-order valence-electron chi connectivity index (χ4n) is 1.93. The van der Waals surface area contributed by atoms with Gasteiger partial charge in [-0.1, -0.05) is 6.07 Å². The number of hydrogen-bond donors (Lipinski definition) is 3. The minimum absolute atomic E-state index is 0.0253. The van der Waals surface area contributed by atoms with Crippen LogP contribution in [0.5, 0.6) is 0 Å². The molecule has 0 spiro atoms. The molecule has 108 valence electrons. The molecule has 0 bridgehead atoms. The van der Waals surface area contributed by atoms with Gasteiger partial charge in [0.25, 0.3) is 0 Å². The second-order valence-electron chi connectivity index (χ2n) is 5.03. The number of rotatable bonds is 5. The van der Waals surface area contributed by atoms with Crippen LogP contribution in [0.2, 0.25) is 0 Å². The van der Waals surface area contributed by atoms with Crippen LogP contribution in [0.25, 0.3) is 11.0 Å². The van der Waals surface area contributed by atoms with Crippen LogP contribution in [0, 0.1) is 0 Å². The molecule has 0 aliphatic heterocycles. The molecule has 20 heavy (non-hydrogen) atoms. The lowest BCUT2D eigenvalue weighted by Gasteiger charge is -2.15. The molecule has 0 aliphatic rings. The standard InChI is InChI=1S/C14H19N3O3/c1-8(2)20-7-13(18)15-9(3)10-4-5-11-12(6-10)17-14(19)16-11/h4-6,8-9H,7H2,1-3H3,(H,15,18)(H2,16,17,19). The molecule has 1 atom stereocenters. The summed E-state index contributed by atoms with van der Waals surface area (Å²) in [7, 11) is 0. The number of aromatic nitrogens is 2. The zero-order valence-electron chi connectivity index (χ0n) is 11.8. The Bertz CT molecular complexity index is 657. The number of benzene rings is 1. The lowest BCUT2D eigenvalue weighted by molar-refractivity contribution is -0.127. The number of ether oxygens (including phenoxy) is 1. The van der Waals surface area contributed by atoms with Crippen LogP contribution in [0.4, 0.5) is 0 Å². The summed E-state index contributed by atoms with van der Waals surface area (Å²) in [5.41, 5.74) is 2.16. The lowest BCUT2D eigenvalue weighted by Crippen LogP contribution is -2.31. The molecule has 1 aromatic heterocycles. The number of H-pyrrole nitrogens is 2. The van der Waals surface area contributed by atoms with Gasteiger partial charge in [0.1, 0.15) is 6.61 Å². The first-order valence-corrected chi connectivity index (χ1v) is 6.58. The van der Waals surface area contributed by atoms with Crippen molar-refractivity contribution in [1.29, 1.82) is 0 Å². The average molecular weight is 277 g/mol. The normalized spacial score (nSPS) is 12.8. The van der Waals surface area contributed by atoms with Crippen LogP contribution >= 0.6 is 0 Å². The Morgan fingerprint density at radius 3 is 2.65 bits per heavy atom. The third-order valence-corrected chi connectivity index (χ3v) is 2.97. The second-order valence-corrected chi connectivity index (χ2v) is 5.03. The molecule has 0 radical (unpaired) electrons. The van der Waals surface area contributed by atoms with E-state index in [9.17, 15) is 9.59 Å². The molecule has 0 saturated carbocycles. The Morgan fingerprint density at radius 2 is 1.95 bits per heavy atom. The number of imidazole rings is 1. The first-order valence-electron chi connectivity index (χ1n) is 6.58. The van der Waals surface area contributed by atoms with Gasteiger partial charge in [-0.25, -0.2) is 4.79 Å². The summed E-state index contributed by atoms with van der Waals surface area (Å²) in [6, 6.07) is 5.39. The van der Waals surface area contributed by atoms with Crippen LogP contribution < -0.4 is 11.0 Å². The van der Waals surface area contributed by atoms with E-state index < -0.39 is 0 Å². The first-order chi connectivity index (χ1) is 9.45. The highest BCUT2D eigenvalue weighted by atomic mass is 16.5. The molecule has 0 aliphatic carbocycles. The molecule has 0 saturated heterocycles. The van der Waals surface area contributed by atoms with Crippen molar-refractivity contribution < 1.29 is 9.53 Å². The van der Waals surface area contributed by atoms with Gasteiger partial charge in [-0.15, -0.1) is 0 Å². The van der Waals surface area contributed by atoms with E-state index in [1.165, 1.54) is 0 Å². The highest BCUT2D eigenvalue weighted by Gasteiger charge is 2.11. The highest BCUT2D eigenvalue weighted by Crippen LogP contribution is 2.16. The van der Waals surface area contributed by atoms with Gasteiger partial charge in [-0.3, -0.25) is 4.79 Å². The van der Waals surface area contributed by atoms with Gasteiger partial charge in [-0.2, -0.15) is 0 Å². The highest BCUT2D eigenvalue weighted by molar-refractivity contribution is 5.78. The van der Waals surface area contributed by atoms with E-state index in [0.29, 0.717) is 0 Å². The van der Waals surface area contributed by atoms with Gasteiger partial charge in [0.2, 0.25) is 5.91 Å². The Labute approximate surface area is 116 Å². The summed E-state index contributed by atoms with van der Waals surface area (Å²) in [5, 5.41) is 2.86. The largest absolute Gasteiger partial charge is 0.369 e. The zero-order valence-corrected chi connectivity index (χ0v) is 11.8. The fourth-order valence-corrected chi connectivity index (χ4v) is 1.93. The molecule has 1 amide bonds. The molecule has 2 rings (SSSR count). The third kappa shape index (κ3) is 3.48. The molecule has 6 heteroatoms.